The zero-order valence-corrected chi connectivity index (χ0v) is 14.5. The topological polar surface area (TPSA) is 0 Å². The van der Waals surface area contributed by atoms with Crippen molar-refractivity contribution in [3.8, 4) is 22.3 Å². The molecule has 0 atom stereocenters. The summed E-state index contributed by atoms with van der Waals surface area (Å²) in [4.78, 5) is 0. The average Bonchev–Trinajstić information content (AvgIpc) is 2.71. The van der Waals surface area contributed by atoms with Gasteiger partial charge in [0.05, 0.1) is 0 Å². The summed E-state index contributed by atoms with van der Waals surface area (Å²) < 4.78 is 27.2. The molecular weight excluding hydrogens is 326 g/mol. The van der Waals surface area contributed by atoms with Crippen molar-refractivity contribution in [2.24, 2.45) is 0 Å². The summed E-state index contributed by atoms with van der Waals surface area (Å²) >= 11 is 0. The van der Waals surface area contributed by atoms with Crippen LogP contribution >= 0.6 is 0 Å². The van der Waals surface area contributed by atoms with Gasteiger partial charge in [-0.25, -0.2) is 8.78 Å². The van der Waals surface area contributed by atoms with Crippen molar-refractivity contribution in [3.05, 3.63) is 96.1 Å². The Morgan fingerprint density at radius 1 is 0.615 bits per heavy atom. The monoisotopic (exact) mass is 344 g/mol. The highest BCUT2D eigenvalue weighted by molar-refractivity contribution is 5.88. The van der Waals surface area contributed by atoms with E-state index in [1.54, 1.807) is 12.1 Å². The van der Waals surface area contributed by atoms with Crippen LogP contribution in [0, 0.1) is 11.6 Å². The largest absolute Gasteiger partial charge is 0.204 e. The van der Waals surface area contributed by atoms with E-state index in [4.69, 9.17) is 0 Å². The van der Waals surface area contributed by atoms with E-state index in [0.29, 0.717) is 10.8 Å². The Balaban J connectivity index is 1.68. The third-order valence-corrected chi connectivity index (χ3v) is 4.82. The Bertz CT molecular complexity index is 1060. The summed E-state index contributed by atoms with van der Waals surface area (Å²) in [6, 6.07) is 25.0. The number of fused-ring (bicyclic) bond motifs is 1. The standard InChI is InChI=1S/C24H18F2/c1-2-16-3-5-17(6-4-16)18-7-9-19(10-8-18)20-11-13-22-21(15-20)12-14-23(25)24(22)26/h3-15H,2H2,1H3. The fourth-order valence-corrected chi connectivity index (χ4v) is 3.23. The van der Waals surface area contributed by atoms with Gasteiger partial charge in [-0.05, 0) is 51.8 Å². The highest BCUT2D eigenvalue weighted by atomic mass is 19.2. The number of benzene rings is 4. The summed E-state index contributed by atoms with van der Waals surface area (Å²) in [5.41, 5.74) is 5.70. The minimum absolute atomic E-state index is 0.307. The van der Waals surface area contributed by atoms with E-state index in [0.717, 1.165) is 23.1 Å². The van der Waals surface area contributed by atoms with Crippen molar-refractivity contribution >= 4 is 10.8 Å². The third-order valence-electron chi connectivity index (χ3n) is 4.82. The van der Waals surface area contributed by atoms with Crippen molar-refractivity contribution < 1.29 is 8.78 Å². The van der Waals surface area contributed by atoms with Gasteiger partial charge in [-0.15, -0.1) is 0 Å². The second-order valence-corrected chi connectivity index (χ2v) is 6.43. The molecule has 0 aliphatic heterocycles. The van der Waals surface area contributed by atoms with E-state index in [-0.39, 0.29) is 0 Å². The lowest BCUT2D eigenvalue weighted by molar-refractivity contribution is 0.517. The third kappa shape index (κ3) is 2.99. The number of rotatable bonds is 3. The zero-order chi connectivity index (χ0) is 18.1. The summed E-state index contributed by atoms with van der Waals surface area (Å²) in [6.07, 6.45) is 1.03. The van der Waals surface area contributed by atoms with Gasteiger partial charge in [-0.1, -0.05) is 73.7 Å². The zero-order valence-electron chi connectivity index (χ0n) is 14.5. The Morgan fingerprint density at radius 2 is 1.15 bits per heavy atom. The number of aryl methyl sites for hydroxylation is 1. The molecule has 0 saturated heterocycles. The van der Waals surface area contributed by atoms with Gasteiger partial charge in [-0.2, -0.15) is 0 Å². The molecule has 4 aromatic rings. The normalized spacial score (nSPS) is 11.0. The van der Waals surface area contributed by atoms with E-state index in [1.807, 2.05) is 12.1 Å². The van der Waals surface area contributed by atoms with Gasteiger partial charge < -0.3 is 0 Å². The molecule has 0 N–H and O–H groups in total. The van der Waals surface area contributed by atoms with Gasteiger partial charge >= 0.3 is 0 Å². The Kier molecular flexibility index (Phi) is 4.26. The summed E-state index contributed by atoms with van der Waals surface area (Å²) in [5.74, 6) is -1.61. The van der Waals surface area contributed by atoms with Crippen molar-refractivity contribution in [2.75, 3.05) is 0 Å². The van der Waals surface area contributed by atoms with Gasteiger partial charge in [0.25, 0.3) is 0 Å². The molecule has 0 saturated carbocycles. The number of hydrogen-bond donors (Lipinski definition) is 0. The first-order valence-corrected chi connectivity index (χ1v) is 8.73. The Morgan fingerprint density at radius 3 is 1.77 bits per heavy atom. The molecule has 0 radical (unpaired) electrons. The molecule has 4 rings (SSSR count). The maximum absolute atomic E-state index is 13.9. The van der Waals surface area contributed by atoms with Gasteiger partial charge in [0, 0.05) is 5.39 Å². The van der Waals surface area contributed by atoms with Crippen LogP contribution in [0.25, 0.3) is 33.0 Å². The minimum atomic E-state index is -0.816. The molecule has 0 bridgehead atoms. The molecule has 0 fully saturated rings. The Labute approximate surface area is 151 Å². The minimum Gasteiger partial charge on any atom is -0.204 e. The van der Waals surface area contributed by atoms with Crippen LogP contribution in [-0.4, -0.2) is 0 Å². The van der Waals surface area contributed by atoms with Crippen molar-refractivity contribution in [2.45, 2.75) is 13.3 Å². The SMILES string of the molecule is CCc1ccc(-c2ccc(-c3ccc4c(F)c(F)ccc4c3)cc2)cc1. The summed E-state index contributed by atoms with van der Waals surface area (Å²) in [7, 11) is 0. The van der Waals surface area contributed by atoms with E-state index in [9.17, 15) is 8.78 Å². The van der Waals surface area contributed by atoms with E-state index in [2.05, 4.69) is 55.5 Å². The predicted octanol–water partition coefficient (Wildman–Crippen LogP) is 7.01. The van der Waals surface area contributed by atoms with Crippen LogP contribution in [0.3, 0.4) is 0 Å². The van der Waals surface area contributed by atoms with E-state index < -0.39 is 11.6 Å². The molecule has 4 aromatic carbocycles. The van der Waals surface area contributed by atoms with E-state index >= 15 is 0 Å². The first-order valence-electron chi connectivity index (χ1n) is 8.73. The van der Waals surface area contributed by atoms with Gasteiger partial charge in [0.15, 0.2) is 11.6 Å². The maximum atomic E-state index is 13.9. The molecule has 26 heavy (non-hydrogen) atoms. The first-order chi connectivity index (χ1) is 12.7. The molecular formula is C24H18F2. The molecule has 0 aromatic heterocycles. The fourth-order valence-electron chi connectivity index (χ4n) is 3.23. The average molecular weight is 344 g/mol. The summed E-state index contributed by atoms with van der Waals surface area (Å²) in [5, 5.41) is 1.00. The molecule has 2 heteroatoms. The van der Waals surface area contributed by atoms with Gasteiger partial charge in [0.2, 0.25) is 0 Å². The molecule has 0 aliphatic rings. The lowest BCUT2D eigenvalue weighted by Crippen LogP contribution is -1.87. The number of halogens is 2. The van der Waals surface area contributed by atoms with Crippen LogP contribution in [0.2, 0.25) is 0 Å². The van der Waals surface area contributed by atoms with Crippen LogP contribution < -0.4 is 0 Å². The Hall–Kier alpha value is -3.00. The summed E-state index contributed by atoms with van der Waals surface area (Å²) in [6.45, 7) is 2.15. The molecule has 0 amide bonds. The van der Waals surface area contributed by atoms with Crippen LogP contribution in [-0.2, 0) is 6.42 Å². The van der Waals surface area contributed by atoms with Crippen LogP contribution in [0.15, 0.2) is 78.9 Å². The maximum Gasteiger partial charge on any atom is 0.166 e. The fraction of sp³-hybridized carbons (Fsp3) is 0.0833. The highest BCUT2D eigenvalue weighted by Crippen LogP contribution is 2.29. The molecule has 0 nitrogen and oxygen atoms in total. The van der Waals surface area contributed by atoms with Gasteiger partial charge in [-0.3, -0.25) is 0 Å². The molecule has 0 unspecified atom stereocenters. The molecule has 128 valence electrons. The van der Waals surface area contributed by atoms with Gasteiger partial charge in [0.1, 0.15) is 0 Å². The smallest absolute Gasteiger partial charge is 0.166 e. The first kappa shape index (κ1) is 16.5. The highest BCUT2D eigenvalue weighted by Gasteiger charge is 2.08. The molecule has 0 aliphatic carbocycles. The lowest BCUT2D eigenvalue weighted by atomic mass is 9.97. The molecule has 0 spiro atoms. The predicted molar refractivity (Wildman–Crippen MR) is 104 cm³/mol. The second-order valence-electron chi connectivity index (χ2n) is 6.43. The van der Waals surface area contributed by atoms with Crippen LogP contribution in [0.5, 0.6) is 0 Å². The second kappa shape index (κ2) is 6.72. The van der Waals surface area contributed by atoms with Crippen molar-refractivity contribution in [1.82, 2.24) is 0 Å². The van der Waals surface area contributed by atoms with Crippen LogP contribution in [0.1, 0.15) is 12.5 Å². The quantitative estimate of drug-likeness (QED) is 0.375. The van der Waals surface area contributed by atoms with Crippen molar-refractivity contribution in [3.63, 3.8) is 0 Å². The molecule has 0 heterocycles. The van der Waals surface area contributed by atoms with E-state index in [1.165, 1.54) is 17.2 Å². The van der Waals surface area contributed by atoms with Crippen LogP contribution in [0.4, 0.5) is 8.78 Å². The number of hydrogen-bond acceptors (Lipinski definition) is 0. The van der Waals surface area contributed by atoms with Crippen molar-refractivity contribution in [1.29, 1.82) is 0 Å². The lowest BCUT2D eigenvalue weighted by Gasteiger charge is -2.08.